The van der Waals surface area contributed by atoms with Crippen molar-refractivity contribution in [2.75, 3.05) is 0 Å². The first-order valence-corrected chi connectivity index (χ1v) is 12.0. The van der Waals surface area contributed by atoms with E-state index in [0.29, 0.717) is 0 Å². The van der Waals surface area contributed by atoms with E-state index in [4.69, 9.17) is 18.2 Å². The largest absolute Gasteiger partial charge is 0.313 e. The highest BCUT2D eigenvalue weighted by molar-refractivity contribution is 7.89. The summed E-state index contributed by atoms with van der Waals surface area (Å²) in [7, 11) is -19.0. The number of pyridine rings is 2. The Bertz CT molecular complexity index is 1090. The summed E-state index contributed by atoms with van der Waals surface area (Å²) in [6.45, 7) is 0. The molecule has 0 unspecified atom stereocenters. The Kier molecular flexibility index (Phi) is 6.96. The smallest absolute Gasteiger partial charge is 0.282 e. The minimum Gasteiger partial charge on any atom is -0.282 e. The van der Waals surface area contributed by atoms with Gasteiger partial charge in [-0.15, -0.1) is 0 Å². The molecule has 0 aliphatic heterocycles. The predicted octanol–water partition coefficient (Wildman–Crippen LogP) is -0.850. The molecule has 18 heteroatoms. The van der Waals surface area contributed by atoms with Crippen LogP contribution in [0.2, 0.25) is 0 Å². The molecule has 0 atom stereocenters. The van der Waals surface area contributed by atoms with Gasteiger partial charge in [-0.2, -0.15) is 33.7 Å². The monoisotopic (exact) mass is 478 g/mol. The zero-order valence-corrected chi connectivity index (χ0v) is 16.3. The summed E-state index contributed by atoms with van der Waals surface area (Å²) in [5, 5.41) is -2.19. The molecule has 0 aromatic carbocycles. The van der Waals surface area contributed by atoms with Crippen LogP contribution in [0, 0.1) is 0 Å². The molecule has 156 valence electrons. The van der Waals surface area contributed by atoms with Crippen molar-refractivity contribution in [3.63, 3.8) is 0 Å². The fourth-order valence-corrected chi connectivity index (χ4v) is 4.88. The summed E-state index contributed by atoms with van der Waals surface area (Å²) in [5.41, 5.74) is 0. The van der Waals surface area contributed by atoms with Gasteiger partial charge in [-0.25, -0.2) is 9.97 Å². The van der Waals surface area contributed by atoms with Gasteiger partial charge in [0.25, 0.3) is 20.2 Å². The normalized spacial score (nSPS) is 12.7. The maximum atomic E-state index is 10.6. The molecule has 0 saturated heterocycles. The summed E-state index contributed by atoms with van der Waals surface area (Å²) in [4.78, 5) is 4.37. The molecule has 2 heterocycles. The lowest BCUT2D eigenvalue weighted by Crippen LogP contribution is -2.09. The van der Waals surface area contributed by atoms with E-state index < -0.39 is 60.3 Å². The summed E-state index contributed by atoms with van der Waals surface area (Å²) in [5.74, 6) is 0. The molecule has 0 radical (unpaired) electrons. The van der Waals surface area contributed by atoms with Gasteiger partial charge in [0, 0.05) is 12.4 Å². The Morgan fingerprint density at radius 2 is 0.821 bits per heavy atom. The maximum Gasteiger partial charge on any atom is 0.313 e. The molecule has 0 fully saturated rings. The lowest BCUT2D eigenvalue weighted by molar-refractivity contribution is 0.462. The minimum absolute atomic E-state index is 0.811. The second-order valence-corrected chi connectivity index (χ2v) is 9.97. The molecule has 0 aliphatic rings. The van der Waals surface area contributed by atoms with Gasteiger partial charge < -0.3 is 0 Å². The summed E-state index contributed by atoms with van der Waals surface area (Å²) in [6.07, 6.45) is 1.94. The second-order valence-electron chi connectivity index (χ2n) is 4.51. The first kappa shape index (κ1) is 24.0. The molecule has 2 rings (SSSR count). The third-order valence-corrected chi connectivity index (χ3v) is 6.17. The second kappa shape index (κ2) is 8.13. The number of aromatic nitrogens is 2. The molecule has 2 aromatic heterocycles. The number of rotatable bonds is 4. The molecule has 4 N–H and O–H groups in total. The SMILES string of the molecule is O=S(=O)(O)c1cccnc1S(=O)(=O)O.O=S(=O)(O)c1cccnc1S(=O)(=O)O. The zero-order valence-electron chi connectivity index (χ0n) is 13.0. The molecule has 0 aliphatic carbocycles. The van der Waals surface area contributed by atoms with Crippen molar-refractivity contribution in [2.24, 2.45) is 0 Å². The quantitative estimate of drug-likeness (QED) is 0.391. The highest BCUT2D eigenvalue weighted by Gasteiger charge is 2.25. The maximum absolute atomic E-state index is 10.6. The standard InChI is InChI=1S/2C5H5NO6S2/c2*7-13(8,9)4-2-1-3-6-5(4)14(10,11)12/h2*1-3H,(H,7,8,9)(H,10,11,12). The van der Waals surface area contributed by atoms with Gasteiger partial charge >= 0.3 is 20.2 Å². The van der Waals surface area contributed by atoms with Crippen molar-refractivity contribution in [1.82, 2.24) is 9.97 Å². The lowest BCUT2D eigenvalue weighted by Gasteiger charge is -2.01. The molecule has 0 spiro atoms. The van der Waals surface area contributed by atoms with Gasteiger partial charge in [0.1, 0.15) is 9.79 Å². The van der Waals surface area contributed by atoms with Gasteiger partial charge in [-0.1, -0.05) is 0 Å². The molecule has 14 nitrogen and oxygen atoms in total. The summed E-state index contributed by atoms with van der Waals surface area (Å²) < 4.78 is 119. The molecule has 0 saturated carbocycles. The Labute approximate surface area is 158 Å². The van der Waals surface area contributed by atoms with Crippen LogP contribution < -0.4 is 0 Å². The van der Waals surface area contributed by atoms with Crippen LogP contribution in [-0.4, -0.2) is 61.9 Å². The average Bonchev–Trinajstić information content (AvgIpc) is 2.52. The van der Waals surface area contributed by atoms with Crippen molar-refractivity contribution in [3.05, 3.63) is 36.7 Å². The van der Waals surface area contributed by atoms with Gasteiger partial charge in [0.05, 0.1) is 0 Å². The van der Waals surface area contributed by atoms with Gasteiger partial charge in [-0.3, -0.25) is 18.2 Å². The van der Waals surface area contributed by atoms with E-state index in [-0.39, 0.29) is 0 Å². The third kappa shape index (κ3) is 6.53. The molecular weight excluding hydrogens is 468 g/mol. The van der Waals surface area contributed by atoms with Crippen LogP contribution in [0.15, 0.2) is 56.5 Å². The first-order valence-electron chi connectivity index (χ1n) is 6.25. The first-order chi connectivity index (χ1) is 12.5. The van der Waals surface area contributed by atoms with Crippen LogP contribution in [0.3, 0.4) is 0 Å². The van der Waals surface area contributed by atoms with E-state index >= 15 is 0 Å². The van der Waals surface area contributed by atoms with Crippen molar-refractivity contribution >= 4 is 40.5 Å². The molecular formula is C10H10N2O12S4. The van der Waals surface area contributed by atoms with E-state index in [0.717, 1.165) is 36.7 Å². The Hall–Kier alpha value is -2.06. The zero-order chi connectivity index (χ0) is 22.0. The predicted molar refractivity (Wildman–Crippen MR) is 87.7 cm³/mol. The van der Waals surface area contributed by atoms with Gasteiger partial charge in [0.2, 0.25) is 10.1 Å². The Morgan fingerprint density at radius 3 is 1.00 bits per heavy atom. The van der Waals surface area contributed by atoms with Crippen LogP contribution in [-0.2, 0) is 40.5 Å². The molecule has 0 amide bonds. The summed E-state index contributed by atoms with van der Waals surface area (Å²) in [6, 6.07) is 3.84. The molecule has 28 heavy (non-hydrogen) atoms. The van der Waals surface area contributed by atoms with E-state index in [1.54, 1.807) is 0 Å². The fourth-order valence-electron chi connectivity index (χ4n) is 1.53. The van der Waals surface area contributed by atoms with Crippen LogP contribution in [0.4, 0.5) is 0 Å². The fraction of sp³-hybridized carbons (Fsp3) is 0. The molecule has 0 bridgehead atoms. The Morgan fingerprint density at radius 1 is 0.536 bits per heavy atom. The number of nitrogens with zero attached hydrogens (tertiary/aromatic N) is 2. The van der Waals surface area contributed by atoms with Gasteiger partial charge in [-0.05, 0) is 24.3 Å². The number of hydrogen-bond donors (Lipinski definition) is 4. The van der Waals surface area contributed by atoms with Crippen LogP contribution >= 0.6 is 0 Å². The van der Waals surface area contributed by atoms with Crippen molar-refractivity contribution in [2.45, 2.75) is 19.8 Å². The van der Waals surface area contributed by atoms with E-state index in [1.165, 1.54) is 0 Å². The van der Waals surface area contributed by atoms with Crippen molar-refractivity contribution in [1.29, 1.82) is 0 Å². The van der Waals surface area contributed by atoms with Crippen molar-refractivity contribution in [3.8, 4) is 0 Å². The lowest BCUT2D eigenvalue weighted by atomic mass is 10.5. The van der Waals surface area contributed by atoms with Gasteiger partial charge in [0.15, 0.2) is 0 Å². The van der Waals surface area contributed by atoms with E-state index in [2.05, 4.69) is 9.97 Å². The highest BCUT2D eigenvalue weighted by Crippen LogP contribution is 2.17. The minimum atomic E-state index is -4.77. The Balaban J connectivity index is 0.000000280. The van der Waals surface area contributed by atoms with Crippen LogP contribution in [0.1, 0.15) is 0 Å². The van der Waals surface area contributed by atoms with E-state index in [9.17, 15) is 33.7 Å². The van der Waals surface area contributed by atoms with Crippen molar-refractivity contribution < 1.29 is 51.9 Å². The van der Waals surface area contributed by atoms with Crippen LogP contribution in [0.5, 0.6) is 0 Å². The molecule has 2 aromatic rings. The average molecular weight is 478 g/mol. The van der Waals surface area contributed by atoms with E-state index in [1.807, 2.05) is 0 Å². The topological polar surface area (TPSA) is 243 Å². The third-order valence-electron chi connectivity index (χ3n) is 2.52. The summed E-state index contributed by atoms with van der Waals surface area (Å²) >= 11 is 0. The highest BCUT2D eigenvalue weighted by atomic mass is 32.2. The van der Waals surface area contributed by atoms with Crippen LogP contribution in [0.25, 0.3) is 0 Å². The number of hydrogen-bond acceptors (Lipinski definition) is 10.